The van der Waals surface area contributed by atoms with Crippen LogP contribution in [-0.4, -0.2) is 16.5 Å². The highest BCUT2D eigenvalue weighted by atomic mass is 16.1. The maximum absolute atomic E-state index is 13.0. The minimum absolute atomic E-state index is 0.00202. The molecule has 0 saturated heterocycles. The third kappa shape index (κ3) is 4.02. The van der Waals surface area contributed by atoms with E-state index in [0.29, 0.717) is 23.5 Å². The lowest BCUT2D eigenvalue weighted by atomic mass is 9.96. The number of fused-ring (bicyclic) bond motifs is 1. The van der Waals surface area contributed by atoms with Gasteiger partial charge < -0.3 is 9.88 Å². The molecule has 1 aliphatic rings. The molecule has 0 aliphatic heterocycles. The van der Waals surface area contributed by atoms with E-state index in [9.17, 15) is 9.59 Å². The van der Waals surface area contributed by atoms with Crippen LogP contribution in [0.15, 0.2) is 83.8 Å². The Bertz CT molecular complexity index is 1330. The van der Waals surface area contributed by atoms with Crippen LogP contribution in [0.2, 0.25) is 0 Å². The van der Waals surface area contributed by atoms with Crippen LogP contribution in [0.3, 0.4) is 0 Å². The molecule has 1 heterocycles. The summed E-state index contributed by atoms with van der Waals surface area (Å²) in [6, 6.07) is 24.0. The van der Waals surface area contributed by atoms with Crippen molar-refractivity contribution in [3.8, 4) is 11.1 Å². The molecule has 1 amide bonds. The van der Waals surface area contributed by atoms with Crippen molar-refractivity contribution in [3.05, 3.63) is 106 Å². The van der Waals surface area contributed by atoms with Gasteiger partial charge in [0.05, 0.1) is 6.54 Å². The van der Waals surface area contributed by atoms with Crippen LogP contribution in [0.5, 0.6) is 0 Å². The summed E-state index contributed by atoms with van der Waals surface area (Å²) in [5, 5.41) is 4.65. The van der Waals surface area contributed by atoms with Gasteiger partial charge in [0, 0.05) is 23.2 Å². The van der Waals surface area contributed by atoms with Crippen molar-refractivity contribution >= 4 is 16.7 Å². The highest BCUT2D eigenvalue weighted by molar-refractivity contribution is 5.96. The molecule has 154 valence electrons. The number of aromatic nitrogens is 1. The van der Waals surface area contributed by atoms with Gasteiger partial charge in [0.2, 0.25) is 0 Å². The zero-order chi connectivity index (χ0) is 21.4. The summed E-state index contributed by atoms with van der Waals surface area (Å²) < 4.78 is 1.74. The van der Waals surface area contributed by atoms with Crippen molar-refractivity contribution in [2.45, 2.75) is 32.4 Å². The quantitative estimate of drug-likeness (QED) is 0.510. The molecule has 4 aromatic rings. The van der Waals surface area contributed by atoms with E-state index in [2.05, 4.69) is 5.32 Å². The van der Waals surface area contributed by atoms with Crippen LogP contribution < -0.4 is 10.9 Å². The Morgan fingerprint density at radius 2 is 1.81 bits per heavy atom. The first-order chi connectivity index (χ1) is 15.1. The molecule has 0 spiro atoms. The van der Waals surface area contributed by atoms with Crippen molar-refractivity contribution in [3.63, 3.8) is 0 Å². The van der Waals surface area contributed by atoms with Gasteiger partial charge in [0.1, 0.15) is 0 Å². The Morgan fingerprint density at radius 3 is 2.58 bits per heavy atom. The second-order valence-electron chi connectivity index (χ2n) is 8.31. The number of nitrogens with zero attached hydrogens (tertiary/aromatic N) is 1. The maximum Gasteiger partial charge on any atom is 0.258 e. The van der Waals surface area contributed by atoms with Gasteiger partial charge in [-0.1, -0.05) is 42.5 Å². The molecule has 5 rings (SSSR count). The van der Waals surface area contributed by atoms with Gasteiger partial charge in [-0.05, 0) is 77.7 Å². The molecule has 0 atom stereocenters. The van der Waals surface area contributed by atoms with Gasteiger partial charge in [-0.2, -0.15) is 0 Å². The average molecular weight is 409 g/mol. The van der Waals surface area contributed by atoms with E-state index < -0.39 is 0 Å². The zero-order valence-electron chi connectivity index (χ0n) is 17.5. The number of aryl methyl sites for hydroxylation is 1. The van der Waals surface area contributed by atoms with Crippen molar-refractivity contribution in [2.75, 3.05) is 0 Å². The summed E-state index contributed by atoms with van der Waals surface area (Å²) in [4.78, 5) is 25.5. The lowest BCUT2D eigenvalue weighted by Gasteiger charge is -2.12. The van der Waals surface area contributed by atoms with Crippen molar-refractivity contribution in [2.24, 2.45) is 0 Å². The van der Waals surface area contributed by atoms with Crippen LogP contribution in [0.1, 0.15) is 34.3 Å². The molecule has 0 unspecified atom stereocenters. The van der Waals surface area contributed by atoms with Gasteiger partial charge >= 0.3 is 0 Å². The summed E-state index contributed by atoms with van der Waals surface area (Å²) in [5.74, 6) is -0.0201. The summed E-state index contributed by atoms with van der Waals surface area (Å²) in [7, 11) is 0. The van der Waals surface area contributed by atoms with E-state index >= 15 is 0 Å². The molecule has 0 radical (unpaired) electrons. The van der Waals surface area contributed by atoms with Gasteiger partial charge in [0.15, 0.2) is 0 Å². The highest BCUT2D eigenvalue weighted by Crippen LogP contribution is 2.28. The van der Waals surface area contributed by atoms with E-state index in [4.69, 9.17) is 0 Å². The molecule has 1 aromatic heterocycles. The monoisotopic (exact) mass is 408 g/mol. The van der Waals surface area contributed by atoms with E-state index in [1.54, 1.807) is 4.57 Å². The van der Waals surface area contributed by atoms with Crippen molar-refractivity contribution < 1.29 is 4.79 Å². The average Bonchev–Trinajstić information content (AvgIpc) is 3.60. The summed E-state index contributed by atoms with van der Waals surface area (Å²) in [5.41, 5.74) is 4.88. The minimum atomic E-state index is -0.0201. The first-order valence-corrected chi connectivity index (χ1v) is 10.7. The molecule has 31 heavy (non-hydrogen) atoms. The van der Waals surface area contributed by atoms with Crippen molar-refractivity contribution in [1.82, 2.24) is 9.88 Å². The fourth-order valence-corrected chi connectivity index (χ4v) is 3.93. The normalized spacial score (nSPS) is 13.3. The number of nitrogens with one attached hydrogen (secondary N) is 1. The van der Waals surface area contributed by atoms with E-state index in [-0.39, 0.29) is 11.5 Å². The topological polar surface area (TPSA) is 51.1 Å². The van der Waals surface area contributed by atoms with Gasteiger partial charge in [-0.15, -0.1) is 0 Å². The fraction of sp³-hybridized carbons (Fsp3) is 0.185. The Kier molecular flexibility index (Phi) is 4.91. The number of benzene rings is 3. The lowest BCUT2D eigenvalue weighted by Crippen LogP contribution is -2.25. The molecule has 4 heteroatoms. The predicted molar refractivity (Wildman–Crippen MR) is 124 cm³/mol. The Hall–Kier alpha value is -3.66. The SMILES string of the molecule is Cc1ccc(C(=O)NC2CC2)cc1-c1ccc2c(=O)n(Cc3ccccc3)ccc2c1. The second kappa shape index (κ2) is 7.88. The van der Waals surface area contributed by atoms with E-state index in [1.165, 1.54) is 0 Å². The first-order valence-electron chi connectivity index (χ1n) is 10.7. The van der Waals surface area contributed by atoms with Crippen LogP contribution in [0, 0.1) is 6.92 Å². The van der Waals surface area contributed by atoms with Crippen LogP contribution >= 0.6 is 0 Å². The molecule has 4 nitrogen and oxygen atoms in total. The number of pyridine rings is 1. The maximum atomic E-state index is 13.0. The van der Waals surface area contributed by atoms with Gasteiger partial charge in [0.25, 0.3) is 11.5 Å². The lowest BCUT2D eigenvalue weighted by molar-refractivity contribution is 0.0951. The van der Waals surface area contributed by atoms with Crippen LogP contribution in [0.4, 0.5) is 0 Å². The molecule has 1 N–H and O–H groups in total. The van der Waals surface area contributed by atoms with Crippen LogP contribution in [-0.2, 0) is 6.54 Å². The molecular weight excluding hydrogens is 384 g/mol. The summed E-state index contributed by atoms with van der Waals surface area (Å²) in [6.45, 7) is 2.59. The third-order valence-corrected chi connectivity index (χ3v) is 5.90. The largest absolute Gasteiger partial charge is 0.349 e. The summed E-state index contributed by atoms with van der Waals surface area (Å²) >= 11 is 0. The summed E-state index contributed by atoms with van der Waals surface area (Å²) in [6.07, 6.45) is 3.99. The van der Waals surface area contributed by atoms with Gasteiger partial charge in [-0.25, -0.2) is 0 Å². The second-order valence-corrected chi connectivity index (χ2v) is 8.31. The van der Waals surface area contributed by atoms with Gasteiger partial charge in [-0.3, -0.25) is 9.59 Å². The molecule has 1 aliphatic carbocycles. The number of hydrogen-bond donors (Lipinski definition) is 1. The third-order valence-electron chi connectivity index (χ3n) is 5.90. The highest BCUT2D eigenvalue weighted by Gasteiger charge is 2.24. The molecule has 0 bridgehead atoms. The number of hydrogen-bond acceptors (Lipinski definition) is 2. The first kappa shape index (κ1) is 19.3. The number of amides is 1. The number of carbonyl (C=O) groups excluding carboxylic acids is 1. The Labute approximate surface area is 181 Å². The molecule has 1 saturated carbocycles. The van der Waals surface area contributed by atoms with Crippen LogP contribution in [0.25, 0.3) is 21.9 Å². The number of rotatable bonds is 5. The Morgan fingerprint density at radius 1 is 1.00 bits per heavy atom. The zero-order valence-corrected chi connectivity index (χ0v) is 17.5. The molecule has 3 aromatic carbocycles. The molecular formula is C27H24N2O2. The van der Waals surface area contributed by atoms with Crippen molar-refractivity contribution in [1.29, 1.82) is 0 Å². The molecule has 1 fully saturated rings. The Balaban J connectivity index is 1.49. The minimum Gasteiger partial charge on any atom is -0.349 e. The predicted octanol–water partition coefficient (Wildman–Crippen LogP) is 4.92. The van der Waals surface area contributed by atoms with E-state index in [0.717, 1.165) is 40.5 Å². The van der Waals surface area contributed by atoms with E-state index in [1.807, 2.05) is 85.9 Å². The smallest absolute Gasteiger partial charge is 0.258 e. The fourth-order valence-electron chi connectivity index (χ4n) is 3.93. The number of carbonyl (C=O) groups is 1. The standard InChI is InChI=1S/C27H24N2O2/c1-18-7-8-22(26(30)28-23-10-11-23)16-25(18)20-9-12-24-21(15-20)13-14-29(27(24)31)17-19-5-3-2-4-6-19/h2-9,12-16,23H,10-11,17H2,1H3,(H,28,30).